The molecule has 0 aliphatic heterocycles. The molecule has 4 aromatic rings. The number of benzene rings is 3. The Morgan fingerprint density at radius 1 is 0.897 bits per heavy atom. The molecule has 4 nitrogen and oxygen atoms in total. The number of aromatic nitrogens is 1. The molecule has 0 saturated heterocycles. The second-order valence-corrected chi connectivity index (χ2v) is 6.40. The van der Waals surface area contributed by atoms with Crippen molar-refractivity contribution in [2.45, 2.75) is 0 Å². The quantitative estimate of drug-likeness (QED) is 0.168. The number of carbonyl (C=O) groups is 1. The average Bonchev–Trinajstić information content (AvgIpc) is 2.74. The van der Waals surface area contributed by atoms with Crippen molar-refractivity contribution in [1.82, 2.24) is 0 Å². The lowest BCUT2D eigenvalue weighted by molar-refractivity contribution is -0.617. The van der Waals surface area contributed by atoms with Crippen molar-refractivity contribution < 1.29 is 32.0 Å². The third kappa shape index (κ3) is 3.04. The second-order valence-electron chi connectivity index (χ2n) is 6.40. The van der Waals surface area contributed by atoms with E-state index >= 15 is 0 Å². The van der Waals surface area contributed by atoms with Gasteiger partial charge in [0.15, 0.2) is 11.6 Å². The number of esters is 1. The summed E-state index contributed by atoms with van der Waals surface area (Å²) in [6.07, 6.45) is 0. The van der Waals surface area contributed by atoms with Crippen LogP contribution in [-0.2, 0) is 7.05 Å². The Morgan fingerprint density at radius 2 is 1.59 bits per heavy atom. The van der Waals surface area contributed by atoms with Gasteiger partial charge in [0, 0.05) is 6.07 Å². The summed E-state index contributed by atoms with van der Waals surface area (Å²) >= 11 is 0. The van der Waals surface area contributed by atoms with Crippen LogP contribution in [-0.4, -0.2) is 13.1 Å². The van der Waals surface area contributed by atoms with E-state index in [4.69, 9.17) is 9.47 Å². The Labute approximate surface area is 163 Å². The molecule has 29 heavy (non-hydrogen) atoms. The zero-order valence-corrected chi connectivity index (χ0v) is 15.5. The Kier molecular flexibility index (Phi) is 4.58. The largest absolute Gasteiger partial charge is 0.497 e. The topological polar surface area (TPSA) is 39.4 Å². The van der Waals surface area contributed by atoms with Crippen LogP contribution in [0.15, 0.2) is 54.6 Å². The van der Waals surface area contributed by atoms with E-state index in [1.165, 1.54) is 7.11 Å². The van der Waals surface area contributed by atoms with Crippen LogP contribution in [0.3, 0.4) is 0 Å². The number of hydrogen-bond donors (Lipinski definition) is 0. The van der Waals surface area contributed by atoms with Gasteiger partial charge in [-0.05, 0) is 30.3 Å². The van der Waals surface area contributed by atoms with Crippen LogP contribution in [0.5, 0.6) is 11.5 Å². The van der Waals surface area contributed by atoms with E-state index in [1.54, 1.807) is 42.5 Å². The van der Waals surface area contributed by atoms with Crippen LogP contribution in [0.2, 0.25) is 0 Å². The molecule has 0 atom stereocenters. The molecule has 0 aliphatic carbocycles. The minimum atomic E-state index is -1.56. The fraction of sp³-hybridized carbons (Fsp3) is 0.0909. The molecule has 0 aliphatic rings. The first-order valence-electron chi connectivity index (χ1n) is 8.66. The molecule has 0 amide bonds. The van der Waals surface area contributed by atoms with Crippen LogP contribution in [0.25, 0.3) is 21.8 Å². The molecule has 0 saturated carbocycles. The number of para-hydroxylation sites is 1. The van der Waals surface area contributed by atoms with Gasteiger partial charge in [-0.25, -0.2) is 13.6 Å². The Bertz CT molecular complexity index is 1290. The molecular weight excluding hydrogens is 383 g/mol. The number of fused-ring (bicyclic) bond motifs is 2. The van der Waals surface area contributed by atoms with Gasteiger partial charge in [-0.1, -0.05) is 12.1 Å². The molecule has 3 aromatic carbocycles. The summed E-state index contributed by atoms with van der Waals surface area (Å²) in [4.78, 5) is 13.0. The average molecular weight is 398 g/mol. The van der Waals surface area contributed by atoms with Crippen LogP contribution in [0.1, 0.15) is 10.4 Å². The summed E-state index contributed by atoms with van der Waals surface area (Å²) < 4.78 is 53.6. The smallest absolute Gasteiger partial charge is 0.345 e. The van der Waals surface area contributed by atoms with E-state index in [2.05, 4.69) is 0 Å². The summed E-state index contributed by atoms with van der Waals surface area (Å²) in [5, 5.41) is 1.02. The molecule has 146 valence electrons. The summed E-state index contributed by atoms with van der Waals surface area (Å²) in [6, 6.07) is 13.4. The first-order chi connectivity index (χ1) is 13.9. The van der Waals surface area contributed by atoms with Gasteiger partial charge in [-0.15, -0.1) is 0 Å². The number of aryl methyl sites for hydroxylation is 1. The molecule has 0 unspecified atom stereocenters. The molecule has 0 spiro atoms. The minimum absolute atomic E-state index is 0.111. The van der Waals surface area contributed by atoms with Gasteiger partial charge in [0.2, 0.25) is 22.6 Å². The molecule has 0 fully saturated rings. The first-order valence-corrected chi connectivity index (χ1v) is 8.66. The maximum atomic E-state index is 14.0. The SMILES string of the molecule is COc1ccc2c(C(=O)Oc3c(F)ccc(F)c3F)c3ccccc3[n+](C)c2c1. The number of pyridine rings is 1. The van der Waals surface area contributed by atoms with Crippen molar-refractivity contribution in [2.75, 3.05) is 7.11 Å². The second kappa shape index (κ2) is 7.09. The monoisotopic (exact) mass is 398 g/mol. The number of nitrogens with zero attached hydrogens (tertiary/aromatic N) is 1. The third-order valence-corrected chi connectivity index (χ3v) is 4.77. The molecule has 0 bridgehead atoms. The van der Waals surface area contributed by atoms with E-state index in [-0.39, 0.29) is 5.56 Å². The number of carbonyl (C=O) groups excluding carboxylic acids is 1. The van der Waals surface area contributed by atoms with E-state index in [1.807, 2.05) is 11.6 Å². The maximum Gasteiger partial charge on any atom is 0.345 e. The van der Waals surface area contributed by atoms with Crippen LogP contribution >= 0.6 is 0 Å². The maximum absolute atomic E-state index is 14.0. The van der Waals surface area contributed by atoms with Crippen molar-refractivity contribution in [3.05, 3.63) is 77.6 Å². The molecule has 1 heterocycles. The van der Waals surface area contributed by atoms with Gasteiger partial charge in [-0.3, -0.25) is 0 Å². The van der Waals surface area contributed by atoms with Gasteiger partial charge < -0.3 is 9.47 Å². The molecule has 1 aromatic heterocycles. The summed E-state index contributed by atoms with van der Waals surface area (Å²) in [5.74, 6) is -5.54. The lowest BCUT2D eigenvalue weighted by Crippen LogP contribution is -2.31. The van der Waals surface area contributed by atoms with Gasteiger partial charge >= 0.3 is 5.97 Å². The molecule has 0 radical (unpaired) electrons. The van der Waals surface area contributed by atoms with Crippen molar-refractivity contribution in [3.8, 4) is 11.5 Å². The highest BCUT2D eigenvalue weighted by Crippen LogP contribution is 2.30. The van der Waals surface area contributed by atoms with Crippen LogP contribution in [0, 0.1) is 17.5 Å². The minimum Gasteiger partial charge on any atom is -0.497 e. The molecular formula is C22H15F3NO3+. The van der Waals surface area contributed by atoms with Gasteiger partial charge in [-0.2, -0.15) is 8.96 Å². The predicted molar refractivity (Wildman–Crippen MR) is 100 cm³/mol. The number of methoxy groups -OCH3 is 1. The number of halogens is 3. The van der Waals surface area contributed by atoms with E-state index in [9.17, 15) is 18.0 Å². The third-order valence-electron chi connectivity index (χ3n) is 4.77. The summed E-state index contributed by atoms with van der Waals surface area (Å²) in [6.45, 7) is 0. The molecule has 4 rings (SSSR count). The zero-order valence-electron chi connectivity index (χ0n) is 15.5. The van der Waals surface area contributed by atoms with Gasteiger partial charge in [0.25, 0.3) is 0 Å². The van der Waals surface area contributed by atoms with Gasteiger partial charge in [0.1, 0.15) is 12.8 Å². The number of rotatable bonds is 3. The fourth-order valence-electron chi connectivity index (χ4n) is 3.35. The highest BCUT2D eigenvalue weighted by atomic mass is 19.2. The highest BCUT2D eigenvalue weighted by molar-refractivity contribution is 6.13. The standard InChI is InChI=1S/C22H15F3NO3/c1-26-17-6-4-3-5-13(17)19(14-8-7-12(28-2)11-18(14)26)22(27)29-21-16(24)10-9-15(23)20(21)25/h3-11H,1-2H3/q+1. The highest BCUT2D eigenvalue weighted by Gasteiger charge is 2.26. The Morgan fingerprint density at radius 3 is 2.34 bits per heavy atom. The zero-order chi connectivity index (χ0) is 20.7. The normalized spacial score (nSPS) is 11.1. The summed E-state index contributed by atoms with van der Waals surface area (Å²) in [5.41, 5.74) is 1.45. The van der Waals surface area contributed by atoms with Crippen molar-refractivity contribution in [3.63, 3.8) is 0 Å². The van der Waals surface area contributed by atoms with E-state index in [0.29, 0.717) is 39.7 Å². The van der Waals surface area contributed by atoms with Crippen LogP contribution in [0.4, 0.5) is 13.2 Å². The van der Waals surface area contributed by atoms with Crippen molar-refractivity contribution in [2.24, 2.45) is 7.05 Å². The predicted octanol–water partition coefficient (Wildman–Crippen LogP) is 4.46. The molecule has 0 N–H and O–H groups in total. The fourth-order valence-corrected chi connectivity index (χ4v) is 3.35. The summed E-state index contributed by atoms with van der Waals surface area (Å²) in [7, 11) is 3.35. The van der Waals surface area contributed by atoms with E-state index < -0.39 is 29.2 Å². The van der Waals surface area contributed by atoms with E-state index in [0.717, 1.165) is 0 Å². The first kappa shape index (κ1) is 18.7. The van der Waals surface area contributed by atoms with Crippen molar-refractivity contribution >= 4 is 27.8 Å². The van der Waals surface area contributed by atoms with Crippen LogP contribution < -0.4 is 14.0 Å². The van der Waals surface area contributed by atoms with Gasteiger partial charge in [0.05, 0.1) is 29.5 Å². The lowest BCUT2D eigenvalue weighted by Gasteiger charge is -2.12. The Balaban J connectivity index is 1.98. The molecule has 7 heteroatoms. The Hall–Kier alpha value is -3.61. The number of hydrogen-bond acceptors (Lipinski definition) is 3. The number of ether oxygens (including phenoxy) is 2. The lowest BCUT2D eigenvalue weighted by atomic mass is 10.0. The van der Waals surface area contributed by atoms with Crippen molar-refractivity contribution in [1.29, 1.82) is 0 Å².